The van der Waals surface area contributed by atoms with E-state index in [1.807, 2.05) is 44.7 Å². The first-order chi connectivity index (χ1) is 7.82. The highest BCUT2D eigenvalue weighted by atomic mass is 79.9. The Labute approximate surface area is 111 Å². The van der Waals surface area contributed by atoms with E-state index in [4.69, 9.17) is 0 Å². The Hall–Kier alpha value is -0.900. The van der Waals surface area contributed by atoms with Crippen LogP contribution in [0.4, 0.5) is 0 Å². The summed E-state index contributed by atoms with van der Waals surface area (Å²) in [5, 5.41) is 0. The first-order valence-electron chi connectivity index (χ1n) is 5.71. The van der Waals surface area contributed by atoms with Crippen molar-refractivity contribution in [3.05, 3.63) is 30.1 Å². The van der Waals surface area contributed by atoms with Crippen molar-refractivity contribution in [2.24, 2.45) is 0 Å². The average Bonchev–Trinajstić information content (AvgIpc) is 2.24. The van der Waals surface area contributed by atoms with E-state index in [2.05, 4.69) is 20.9 Å². The van der Waals surface area contributed by atoms with Gasteiger partial charge < -0.3 is 4.90 Å². The fourth-order valence-corrected chi connectivity index (χ4v) is 1.75. The Morgan fingerprint density at radius 3 is 2.59 bits per heavy atom. The Kier molecular flexibility index (Phi) is 4.69. The molecule has 0 aliphatic rings. The molecule has 94 valence electrons. The molecule has 0 radical (unpaired) electrons. The Morgan fingerprint density at radius 1 is 1.53 bits per heavy atom. The van der Waals surface area contributed by atoms with Gasteiger partial charge in [-0.25, -0.2) is 0 Å². The molecule has 0 fully saturated rings. The Balaban J connectivity index is 2.85. The van der Waals surface area contributed by atoms with Crippen LogP contribution in [0, 0.1) is 0 Å². The quantitative estimate of drug-likeness (QED) is 0.801. The van der Waals surface area contributed by atoms with Crippen LogP contribution < -0.4 is 0 Å². The highest BCUT2D eigenvalue weighted by Gasteiger charge is 2.30. The molecule has 0 aromatic carbocycles. The lowest BCUT2D eigenvalue weighted by Crippen LogP contribution is -2.44. The summed E-state index contributed by atoms with van der Waals surface area (Å²) < 4.78 is -0.528. The van der Waals surface area contributed by atoms with Gasteiger partial charge in [-0.2, -0.15) is 0 Å². The van der Waals surface area contributed by atoms with E-state index < -0.39 is 4.32 Å². The number of halogens is 1. The van der Waals surface area contributed by atoms with Crippen molar-refractivity contribution in [1.82, 2.24) is 9.88 Å². The van der Waals surface area contributed by atoms with Gasteiger partial charge in [0.1, 0.15) is 0 Å². The number of rotatable bonds is 4. The van der Waals surface area contributed by atoms with Gasteiger partial charge in [0, 0.05) is 25.0 Å². The van der Waals surface area contributed by atoms with Gasteiger partial charge in [0.05, 0.1) is 4.32 Å². The summed E-state index contributed by atoms with van der Waals surface area (Å²) in [6, 6.07) is 4.04. The van der Waals surface area contributed by atoms with E-state index in [1.165, 1.54) is 0 Å². The molecule has 17 heavy (non-hydrogen) atoms. The maximum Gasteiger partial charge on any atom is 0.239 e. The van der Waals surface area contributed by atoms with Crippen molar-refractivity contribution < 1.29 is 4.79 Å². The zero-order valence-electron chi connectivity index (χ0n) is 10.8. The van der Waals surface area contributed by atoms with Gasteiger partial charge in [-0.15, -0.1) is 0 Å². The molecule has 1 rings (SSSR count). The summed E-state index contributed by atoms with van der Waals surface area (Å²) in [6.45, 7) is 8.38. The molecular formula is C13H19BrN2O. The second kappa shape index (κ2) is 5.63. The van der Waals surface area contributed by atoms with E-state index in [0.717, 1.165) is 5.56 Å². The van der Waals surface area contributed by atoms with E-state index in [-0.39, 0.29) is 11.9 Å². The summed E-state index contributed by atoms with van der Waals surface area (Å²) in [6.07, 6.45) is 3.53. The summed E-state index contributed by atoms with van der Waals surface area (Å²) in [5.74, 6) is 0.0938. The van der Waals surface area contributed by atoms with Gasteiger partial charge in [-0.1, -0.05) is 22.0 Å². The number of hydrogen-bond acceptors (Lipinski definition) is 2. The Morgan fingerprint density at radius 2 is 2.18 bits per heavy atom. The van der Waals surface area contributed by atoms with Gasteiger partial charge in [-0.3, -0.25) is 9.78 Å². The van der Waals surface area contributed by atoms with E-state index in [1.54, 1.807) is 12.4 Å². The molecule has 1 aromatic rings. The number of pyridine rings is 1. The fourth-order valence-electron chi connectivity index (χ4n) is 1.52. The smallest absolute Gasteiger partial charge is 0.239 e. The maximum atomic E-state index is 12.3. The molecule has 0 bridgehead atoms. The maximum absolute atomic E-state index is 12.3. The van der Waals surface area contributed by atoms with Gasteiger partial charge in [-0.05, 0) is 39.3 Å². The van der Waals surface area contributed by atoms with Gasteiger partial charge in [0.25, 0.3) is 0 Å². The predicted molar refractivity (Wildman–Crippen MR) is 72.9 cm³/mol. The van der Waals surface area contributed by atoms with Gasteiger partial charge in [0.2, 0.25) is 5.91 Å². The van der Waals surface area contributed by atoms with Crippen molar-refractivity contribution in [2.45, 2.75) is 44.6 Å². The molecule has 0 unspecified atom stereocenters. The number of alkyl halides is 1. The third-order valence-corrected chi connectivity index (χ3v) is 2.81. The summed E-state index contributed by atoms with van der Waals surface area (Å²) >= 11 is 3.42. The third kappa shape index (κ3) is 4.11. The molecule has 0 saturated carbocycles. The highest BCUT2D eigenvalue weighted by Crippen LogP contribution is 2.22. The largest absolute Gasteiger partial charge is 0.335 e. The minimum Gasteiger partial charge on any atom is -0.335 e. The van der Waals surface area contributed by atoms with Crippen molar-refractivity contribution in [2.75, 3.05) is 0 Å². The highest BCUT2D eigenvalue weighted by molar-refractivity contribution is 9.10. The number of nitrogens with zero attached hydrogens (tertiary/aromatic N) is 2. The summed E-state index contributed by atoms with van der Waals surface area (Å²) in [4.78, 5) is 18.2. The molecule has 0 spiro atoms. The normalized spacial score (nSPS) is 11.6. The van der Waals surface area contributed by atoms with Crippen molar-refractivity contribution in [1.29, 1.82) is 0 Å². The first-order valence-corrected chi connectivity index (χ1v) is 6.50. The minimum atomic E-state index is -0.528. The molecule has 0 saturated heterocycles. The van der Waals surface area contributed by atoms with Crippen LogP contribution in [-0.4, -0.2) is 26.2 Å². The first kappa shape index (κ1) is 14.2. The number of hydrogen-bond donors (Lipinski definition) is 0. The molecule has 0 aliphatic heterocycles. The topological polar surface area (TPSA) is 33.2 Å². The number of aromatic nitrogens is 1. The van der Waals surface area contributed by atoms with Crippen molar-refractivity contribution in [3.63, 3.8) is 0 Å². The molecule has 0 atom stereocenters. The summed E-state index contributed by atoms with van der Waals surface area (Å²) in [7, 11) is 0. The number of carbonyl (C=O) groups is 1. The molecule has 0 aliphatic carbocycles. The second-order valence-electron chi connectivity index (χ2n) is 4.86. The van der Waals surface area contributed by atoms with Crippen LogP contribution in [0.5, 0.6) is 0 Å². The SMILES string of the molecule is CC(C)N(Cc1cccnc1)C(=O)C(C)(C)Br. The van der Waals surface area contributed by atoms with Crippen LogP contribution in [0.25, 0.3) is 0 Å². The number of carbonyl (C=O) groups excluding carboxylic acids is 1. The van der Waals surface area contributed by atoms with Crippen LogP contribution in [0.3, 0.4) is 0 Å². The molecule has 1 amide bonds. The van der Waals surface area contributed by atoms with Gasteiger partial charge in [0.15, 0.2) is 0 Å². The zero-order valence-corrected chi connectivity index (χ0v) is 12.4. The lowest BCUT2D eigenvalue weighted by molar-refractivity contribution is -0.135. The van der Waals surface area contributed by atoms with Gasteiger partial charge >= 0.3 is 0 Å². The molecule has 1 aromatic heterocycles. The van der Waals surface area contributed by atoms with Crippen molar-refractivity contribution in [3.8, 4) is 0 Å². The monoisotopic (exact) mass is 298 g/mol. The molecular weight excluding hydrogens is 280 g/mol. The Bertz CT molecular complexity index is 371. The van der Waals surface area contributed by atoms with Crippen LogP contribution in [0.15, 0.2) is 24.5 Å². The van der Waals surface area contributed by atoms with Crippen LogP contribution in [0.2, 0.25) is 0 Å². The van der Waals surface area contributed by atoms with Crippen LogP contribution in [-0.2, 0) is 11.3 Å². The second-order valence-corrected chi connectivity index (χ2v) is 6.84. The fraction of sp³-hybridized carbons (Fsp3) is 0.538. The molecule has 1 heterocycles. The number of amides is 1. The van der Waals surface area contributed by atoms with Crippen LogP contribution in [0.1, 0.15) is 33.3 Å². The van der Waals surface area contributed by atoms with E-state index in [9.17, 15) is 4.79 Å². The van der Waals surface area contributed by atoms with E-state index in [0.29, 0.717) is 6.54 Å². The average molecular weight is 299 g/mol. The summed E-state index contributed by atoms with van der Waals surface area (Å²) in [5.41, 5.74) is 1.05. The molecule has 0 N–H and O–H groups in total. The minimum absolute atomic E-state index is 0.0938. The zero-order chi connectivity index (χ0) is 13.1. The third-order valence-electron chi connectivity index (χ3n) is 2.47. The van der Waals surface area contributed by atoms with E-state index >= 15 is 0 Å². The van der Waals surface area contributed by atoms with Crippen molar-refractivity contribution >= 4 is 21.8 Å². The molecule has 3 nitrogen and oxygen atoms in total. The lowest BCUT2D eigenvalue weighted by Gasteiger charge is -2.31. The predicted octanol–water partition coefficient (Wildman–Crippen LogP) is 2.99. The van der Waals surface area contributed by atoms with Crippen LogP contribution >= 0.6 is 15.9 Å². The standard InChI is InChI=1S/C13H19BrN2O/c1-10(2)16(12(17)13(3,4)14)9-11-6-5-7-15-8-11/h5-8,10H,9H2,1-4H3. The lowest BCUT2D eigenvalue weighted by atomic mass is 10.1. The molecule has 4 heteroatoms.